The Hall–Kier alpha value is -0.120. The van der Waals surface area contributed by atoms with Gasteiger partial charge in [-0.25, -0.2) is 0 Å². The van der Waals surface area contributed by atoms with E-state index < -0.39 is 0 Å². The van der Waals surface area contributed by atoms with Gasteiger partial charge in [0.2, 0.25) is 0 Å². The third-order valence-corrected chi connectivity index (χ3v) is 4.50. The Morgan fingerprint density at radius 3 is 2.26 bits per heavy atom. The molecule has 1 rings (SSSR count). The first kappa shape index (κ1) is 16.9. The molecule has 2 N–H and O–H groups in total. The van der Waals surface area contributed by atoms with Gasteiger partial charge < -0.3 is 10.5 Å². The van der Waals surface area contributed by atoms with Crippen LogP contribution in [0.4, 0.5) is 0 Å². The summed E-state index contributed by atoms with van der Waals surface area (Å²) in [5.74, 6) is 0.866. The van der Waals surface area contributed by atoms with Crippen molar-refractivity contribution in [3.63, 3.8) is 0 Å². The first-order valence-electron chi connectivity index (χ1n) is 7.83. The van der Waals surface area contributed by atoms with E-state index in [1.807, 2.05) is 0 Å². The number of nitrogens with zero attached hydrogens (tertiary/aromatic N) is 1. The molecule has 19 heavy (non-hydrogen) atoms. The van der Waals surface area contributed by atoms with Gasteiger partial charge in [0.25, 0.3) is 0 Å². The van der Waals surface area contributed by atoms with Crippen LogP contribution in [0.2, 0.25) is 0 Å². The molecule has 0 radical (unpaired) electrons. The second-order valence-electron chi connectivity index (χ2n) is 7.19. The molecule has 3 nitrogen and oxygen atoms in total. The zero-order valence-corrected chi connectivity index (χ0v) is 13.8. The number of methoxy groups -OCH3 is 1. The predicted molar refractivity (Wildman–Crippen MR) is 82.3 cm³/mol. The van der Waals surface area contributed by atoms with Crippen LogP contribution in [0.5, 0.6) is 0 Å². The minimum atomic E-state index is 0.201. The van der Waals surface area contributed by atoms with E-state index in [4.69, 9.17) is 10.5 Å². The quantitative estimate of drug-likeness (QED) is 0.737. The third-order valence-electron chi connectivity index (χ3n) is 4.50. The SMILES string of the molecule is CCC(N)C(N(CCOC)C(C)C1CC1)C(C)(C)C. The van der Waals surface area contributed by atoms with Crippen LogP contribution >= 0.6 is 0 Å². The predicted octanol–water partition coefficient (Wildman–Crippen LogP) is 2.89. The number of nitrogens with two attached hydrogens (primary N) is 1. The van der Waals surface area contributed by atoms with E-state index in [0.29, 0.717) is 12.1 Å². The largest absolute Gasteiger partial charge is 0.383 e. The Labute approximate surface area is 119 Å². The monoisotopic (exact) mass is 270 g/mol. The zero-order valence-electron chi connectivity index (χ0n) is 13.8. The van der Waals surface area contributed by atoms with Gasteiger partial charge in [-0.2, -0.15) is 0 Å². The molecule has 0 spiro atoms. The summed E-state index contributed by atoms with van der Waals surface area (Å²) >= 11 is 0. The summed E-state index contributed by atoms with van der Waals surface area (Å²) < 4.78 is 5.32. The fourth-order valence-corrected chi connectivity index (χ4v) is 3.25. The molecule has 0 aromatic carbocycles. The van der Waals surface area contributed by atoms with Crippen LogP contribution in [0.3, 0.4) is 0 Å². The summed E-state index contributed by atoms with van der Waals surface area (Å²) in [6, 6.07) is 1.28. The first-order valence-corrected chi connectivity index (χ1v) is 7.83. The lowest BCUT2D eigenvalue weighted by Crippen LogP contribution is -2.58. The maximum atomic E-state index is 6.45. The van der Waals surface area contributed by atoms with Gasteiger partial charge in [0.05, 0.1) is 6.61 Å². The molecule has 1 aliphatic carbocycles. The highest BCUT2D eigenvalue weighted by molar-refractivity contribution is 4.96. The molecule has 3 heteroatoms. The van der Waals surface area contributed by atoms with Crippen molar-refractivity contribution in [3.05, 3.63) is 0 Å². The summed E-state index contributed by atoms with van der Waals surface area (Å²) in [5.41, 5.74) is 6.65. The average molecular weight is 270 g/mol. The Bertz CT molecular complexity index is 258. The summed E-state index contributed by atoms with van der Waals surface area (Å²) in [6.45, 7) is 13.3. The Morgan fingerprint density at radius 2 is 1.89 bits per heavy atom. The van der Waals surface area contributed by atoms with Crippen molar-refractivity contribution in [2.75, 3.05) is 20.3 Å². The number of hydrogen-bond acceptors (Lipinski definition) is 3. The van der Waals surface area contributed by atoms with Gasteiger partial charge in [-0.1, -0.05) is 27.7 Å². The van der Waals surface area contributed by atoms with Crippen LogP contribution in [-0.4, -0.2) is 43.3 Å². The summed E-state index contributed by atoms with van der Waals surface area (Å²) in [7, 11) is 1.78. The van der Waals surface area contributed by atoms with Crippen molar-refractivity contribution in [2.24, 2.45) is 17.1 Å². The Kier molecular flexibility index (Phi) is 6.28. The molecule has 0 heterocycles. The van der Waals surface area contributed by atoms with Gasteiger partial charge in [0.1, 0.15) is 0 Å². The molecule has 0 amide bonds. The van der Waals surface area contributed by atoms with Crippen LogP contribution in [0, 0.1) is 11.3 Å². The minimum absolute atomic E-state index is 0.201. The third kappa shape index (κ3) is 4.73. The van der Waals surface area contributed by atoms with Crippen LogP contribution < -0.4 is 5.73 Å². The highest BCUT2D eigenvalue weighted by Gasteiger charge is 2.41. The molecule has 1 fully saturated rings. The van der Waals surface area contributed by atoms with Gasteiger partial charge >= 0.3 is 0 Å². The lowest BCUT2D eigenvalue weighted by atomic mass is 9.79. The number of ether oxygens (including phenoxy) is 1. The fourth-order valence-electron chi connectivity index (χ4n) is 3.25. The molecular formula is C16H34N2O. The smallest absolute Gasteiger partial charge is 0.0589 e. The van der Waals surface area contributed by atoms with Gasteiger partial charge in [0, 0.05) is 31.8 Å². The molecular weight excluding hydrogens is 236 g/mol. The number of rotatable bonds is 8. The summed E-state index contributed by atoms with van der Waals surface area (Å²) in [6.07, 6.45) is 3.79. The highest BCUT2D eigenvalue weighted by atomic mass is 16.5. The summed E-state index contributed by atoms with van der Waals surface area (Å²) in [5, 5.41) is 0. The van der Waals surface area contributed by atoms with Crippen molar-refractivity contribution >= 4 is 0 Å². The fraction of sp³-hybridized carbons (Fsp3) is 1.00. The molecule has 0 aromatic rings. The van der Waals surface area contributed by atoms with Crippen molar-refractivity contribution in [3.8, 4) is 0 Å². The molecule has 114 valence electrons. The van der Waals surface area contributed by atoms with E-state index in [-0.39, 0.29) is 11.5 Å². The van der Waals surface area contributed by atoms with Crippen molar-refractivity contribution in [2.45, 2.75) is 72.0 Å². The maximum Gasteiger partial charge on any atom is 0.0589 e. The second-order valence-corrected chi connectivity index (χ2v) is 7.19. The molecule has 1 aliphatic rings. The van der Waals surface area contributed by atoms with Crippen molar-refractivity contribution < 1.29 is 4.74 Å². The van der Waals surface area contributed by atoms with Gasteiger partial charge in [-0.3, -0.25) is 4.90 Å². The van der Waals surface area contributed by atoms with E-state index in [1.165, 1.54) is 12.8 Å². The molecule has 0 saturated heterocycles. The van der Waals surface area contributed by atoms with E-state index in [9.17, 15) is 0 Å². The van der Waals surface area contributed by atoms with E-state index in [2.05, 4.69) is 39.5 Å². The van der Waals surface area contributed by atoms with Crippen LogP contribution in [-0.2, 0) is 4.74 Å². The Balaban J connectivity index is 2.88. The van der Waals surface area contributed by atoms with E-state index >= 15 is 0 Å². The standard InChI is InChI=1S/C16H34N2O/c1-7-14(17)15(16(3,4)5)18(10-11-19-6)12(2)13-8-9-13/h12-15H,7-11,17H2,1-6H3. The maximum absolute atomic E-state index is 6.45. The molecule has 3 atom stereocenters. The van der Waals surface area contributed by atoms with Gasteiger partial charge in [0.15, 0.2) is 0 Å². The van der Waals surface area contributed by atoms with E-state index in [1.54, 1.807) is 7.11 Å². The van der Waals surface area contributed by atoms with Crippen molar-refractivity contribution in [1.29, 1.82) is 0 Å². The van der Waals surface area contributed by atoms with E-state index in [0.717, 1.165) is 25.5 Å². The molecule has 0 bridgehead atoms. The minimum Gasteiger partial charge on any atom is -0.383 e. The average Bonchev–Trinajstić information content (AvgIpc) is 3.15. The molecule has 1 saturated carbocycles. The number of hydrogen-bond donors (Lipinski definition) is 1. The first-order chi connectivity index (χ1) is 8.82. The highest BCUT2D eigenvalue weighted by Crippen LogP contribution is 2.38. The van der Waals surface area contributed by atoms with Gasteiger partial charge in [-0.05, 0) is 37.5 Å². The van der Waals surface area contributed by atoms with Gasteiger partial charge in [-0.15, -0.1) is 0 Å². The Morgan fingerprint density at radius 1 is 1.32 bits per heavy atom. The molecule has 0 aliphatic heterocycles. The summed E-state index contributed by atoms with van der Waals surface area (Å²) in [4.78, 5) is 2.62. The lowest BCUT2D eigenvalue weighted by molar-refractivity contribution is 0.0175. The topological polar surface area (TPSA) is 38.5 Å². The van der Waals surface area contributed by atoms with Crippen LogP contribution in [0.15, 0.2) is 0 Å². The lowest BCUT2D eigenvalue weighted by Gasteiger charge is -2.46. The zero-order chi connectivity index (χ0) is 14.6. The van der Waals surface area contributed by atoms with Crippen LogP contribution in [0.1, 0.15) is 53.9 Å². The normalized spacial score (nSPS) is 21.5. The van der Waals surface area contributed by atoms with Crippen LogP contribution in [0.25, 0.3) is 0 Å². The van der Waals surface area contributed by atoms with Crippen molar-refractivity contribution in [1.82, 2.24) is 4.90 Å². The molecule has 0 aromatic heterocycles. The molecule has 3 unspecified atom stereocenters. The second kappa shape index (κ2) is 7.05.